The van der Waals surface area contributed by atoms with E-state index < -0.39 is 35.2 Å². The maximum absolute atomic E-state index is 15.5. The number of ether oxygens (including phenoxy) is 3. The molecule has 0 spiro atoms. The van der Waals surface area contributed by atoms with Crippen molar-refractivity contribution >= 4 is 57.5 Å². The maximum atomic E-state index is 15.5. The van der Waals surface area contributed by atoms with E-state index in [1.54, 1.807) is 70.4 Å². The molecule has 0 saturated heterocycles. The fourth-order valence-corrected chi connectivity index (χ4v) is 5.43. The van der Waals surface area contributed by atoms with Gasteiger partial charge in [-0.2, -0.15) is 4.90 Å². The SMILES string of the molecule is COC(=O)c1cc(-c2ccnc(N(C(=O)OC(C)(C)C)C(=O)OC(C)(C)C)c2)cc2c1nc(C(C)C)n2-c1ccnc2c(Cl)ccc(F)c12. The van der Waals surface area contributed by atoms with Gasteiger partial charge in [-0.25, -0.2) is 28.7 Å². The number of benzene rings is 2. The molecule has 3 heterocycles. The van der Waals surface area contributed by atoms with Crippen LogP contribution in [0.2, 0.25) is 5.02 Å². The first-order valence-corrected chi connectivity index (χ1v) is 15.9. The van der Waals surface area contributed by atoms with E-state index in [4.69, 9.17) is 30.8 Å². The molecule has 0 N–H and O–H groups in total. The number of carbonyl (C=O) groups is 3. The normalized spacial score (nSPS) is 12.0. The van der Waals surface area contributed by atoms with Crippen LogP contribution in [0, 0.1) is 5.82 Å². The van der Waals surface area contributed by atoms with Gasteiger partial charge in [0.15, 0.2) is 0 Å². The molecule has 49 heavy (non-hydrogen) atoms. The number of hydrogen-bond donors (Lipinski definition) is 0. The van der Waals surface area contributed by atoms with Gasteiger partial charge in [0.05, 0.1) is 39.8 Å². The van der Waals surface area contributed by atoms with E-state index in [0.29, 0.717) is 33.7 Å². The van der Waals surface area contributed by atoms with Crippen molar-refractivity contribution < 1.29 is 33.0 Å². The van der Waals surface area contributed by atoms with Gasteiger partial charge in [-0.05, 0) is 95.1 Å². The van der Waals surface area contributed by atoms with Crippen molar-refractivity contribution in [3.05, 3.63) is 77.1 Å². The third-order valence-electron chi connectivity index (χ3n) is 7.18. The molecule has 256 valence electrons. The lowest BCUT2D eigenvalue weighted by Crippen LogP contribution is -2.44. The van der Waals surface area contributed by atoms with E-state index in [0.717, 1.165) is 4.90 Å². The van der Waals surface area contributed by atoms with Gasteiger partial charge in [-0.3, -0.25) is 9.55 Å². The average Bonchev–Trinajstić information content (AvgIpc) is 3.40. The summed E-state index contributed by atoms with van der Waals surface area (Å²) >= 11 is 6.44. The van der Waals surface area contributed by atoms with Crippen LogP contribution in [0.25, 0.3) is 38.8 Å². The van der Waals surface area contributed by atoms with Gasteiger partial charge in [0, 0.05) is 18.3 Å². The number of nitrogens with zero attached hydrogens (tertiary/aromatic N) is 5. The molecule has 0 radical (unpaired) electrons. The van der Waals surface area contributed by atoms with Gasteiger partial charge >= 0.3 is 18.2 Å². The number of halogens is 2. The van der Waals surface area contributed by atoms with Crippen molar-refractivity contribution in [2.24, 2.45) is 0 Å². The fourth-order valence-electron chi connectivity index (χ4n) is 5.23. The molecule has 0 aliphatic heterocycles. The van der Waals surface area contributed by atoms with Crippen LogP contribution in [-0.4, -0.2) is 56.0 Å². The zero-order valence-corrected chi connectivity index (χ0v) is 29.5. The second-order valence-corrected chi connectivity index (χ2v) is 14.0. The van der Waals surface area contributed by atoms with Crippen LogP contribution >= 0.6 is 11.6 Å². The van der Waals surface area contributed by atoms with Crippen molar-refractivity contribution in [2.75, 3.05) is 12.0 Å². The highest BCUT2D eigenvalue weighted by atomic mass is 35.5. The molecule has 0 aliphatic carbocycles. The Hall–Kier alpha value is -5.10. The molecule has 0 unspecified atom stereocenters. The summed E-state index contributed by atoms with van der Waals surface area (Å²) in [5, 5.41) is 0.450. The molecule has 2 aromatic carbocycles. The minimum Gasteiger partial charge on any atom is -0.465 e. The van der Waals surface area contributed by atoms with E-state index >= 15 is 4.39 Å². The number of amides is 2. The molecule has 0 saturated carbocycles. The largest absolute Gasteiger partial charge is 0.465 e. The molecular weight excluding hydrogens is 653 g/mol. The Labute approximate surface area is 288 Å². The van der Waals surface area contributed by atoms with Gasteiger partial charge in [0.25, 0.3) is 0 Å². The topological polar surface area (TPSA) is 126 Å². The summed E-state index contributed by atoms with van der Waals surface area (Å²) in [5.74, 6) is -0.893. The lowest BCUT2D eigenvalue weighted by Gasteiger charge is -2.28. The highest BCUT2D eigenvalue weighted by molar-refractivity contribution is 6.35. The van der Waals surface area contributed by atoms with Crippen LogP contribution in [-0.2, 0) is 14.2 Å². The van der Waals surface area contributed by atoms with Crippen molar-refractivity contribution in [3.63, 3.8) is 0 Å². The van der Waals surface area contributed by atoms with E-state index in [1.165, 1.54) is 37.7 Å². The highest BCUT2D eigenvalue weighted by Crippen LogP contribution is 2.37. The van der Waals surface area contributed by atoms with E-state index in [2.05, 4.69) is 9.97 Å². The van der Waals surface area contributed by atoms with Crippen molar-refractivity contribution in [1.82, 2.24) is 19.5 Å². The van der Waals surface area contributed by atoms with Crippen LogP contribution < -0.4 is 4.90 Å². The third-order valence-corrected chi connectivity index (χ3v) is 7.48. The standard InChI is InChI=1S/C36H37ClFN5O6/c1-19(2)31-41-29-22(32(44)47-9)16-21(17-26(29)42(31)25-13-15-40-30-23(37)10-11-24(38)28(25)30)20-12-14-39-27(18-20)43(33(45)48-35(3,4)5)34(46)49-36(6,7)8/h10-19H,1-9H3. The number of hydrogen-bond acceptors (Lipinski definition) is 9. The Morgan fingerprint density at radius 1 is 0.857 bits per heavy atom. The Kier molecular flexibility index (Phi) is 9.40. The molecule has 13 heteroatoms. The number of fused-ring (bicyclic) bond motifs is 2. The molecule has 11 nitrogen and oxygen atoms in total. The Morgan fingerprint density at radius 2 is 1.49 bits per heavy atom. The predicted molar refractivity (Wildman–Crippen MR) is 185 cm³/mol. The molecular formula is C36H37ClFN5O6. The first kappa shape index (κ1) is 35.2. The van der Waals surface area contributed by atoms with Gasteiger partial charge < -0.3 is 14.2 Å². The summed E-state index contributed by atoms with van der Waals surface area (Å²) < 4.78 is 33.5. The van der Waals surface area contributed by atoms with Gasteiger partial charge in [-0.15, -0.1) is 0 Å². The molecule has 2 amide bonds. The first-order chi connectivity index (χ1) is 22.9. The number of rotatable bonds is 5. The zero-order chi connectivity index (χ0) is 36.0. The molecule has 0 fully saturated rings. The van der Waals surface area contributed by atoms with E-state index in [-0.39, 0.29) is 33.2 Å². The first-order valence-electron chi connectivity index (χ1n) is 15.5. The summed E-state index contributed by atoms with van der Waals surface area (Å²) in [4.78, 5) is 54.2. The zero-order valence-electron chi connectivity index (χ0n) is 28.7. The monoisotopic (exact) mass is 689 g/mol. The molecule has 3 aromatic heterocycles. The van der Waals surface area contributed by atoms with Gasteiger partial charge in [0.2, 0.25) is 0 Å². The second kappa shape index (κ2) is 13.1. The number of imide groups is 1. The van der Waals surface area contributed by atoms with Crippen LogP contribution in [0.15, 0.2) is 54.9 Å². The molecule has 0 atom stereocenters. The summed E-state index contributed by atoms with van der Waals surface area (Å²) in [7, 11) is 1.26. The Balaban J connectivity index is 1.79. The molecule has 5 aromatic rings. The lowest BCUT2D eigenvalue weighted by molar-refractivity contribution is 0.0428. The van der Waals surface area contributed by atoms with Crippen molar-refractivity contribution in [1.29, 1.82) is 0 Å². The quantitative estimate of drug-likeness (QED) is 0.131. The van der Waals surface area contributed by atoms with Crippen LogP contribution in [0.1, 0.15) is 77.5 Å². The molecule has 5 rings (SSSR count). The maximum Gasteiger partial charge on any atom is 0.425 e. The number of esters is 1. The van der Waals surface area contributed by atoms with Crippen molar-refractivity contribution in [2.45, 2.75) is 72.5 Å². The smallest absolute Gasteiger partial charge is 0.425 e. The second-order valence-electron chi connectivity index (χ2n) is 13.6. The Bertz CT molecular complexity index is 2090. The minimum atomic E-state index is -0.984. The van der Waals surface area contributed by atoms with Crippen molar-refractivity contribution in [3.8, 4) is 16.8 Å². The number of methoxy groups -OCH3 is 1. The van der Waals surface area contributed by atoms with Crippen LogP contribution in [0.3, 0.4) is 0 Å². The third kappa shape index (κ3) is 7.19. The Morgan fingerprint density at radius 3 is 2.08 bits per heavy atom. The van der Waals surface area contributed by atoms with Gasteiger partial charge in [0.1, 0.15) is 34.2 Å². The molecule has 0 aliphatic rings. The van der Waals surface area contributed by atoms with E-state index in [9.17, 15) is 14.4 Å². The number of anilines is 1. The predicted octanol–water partition coefficient (Wildman–Crippen LogP) is 9.01. The summed E-state index contributed by atoms with van der Waals surface area (Å²) in [6, 6.07) is 10.9. The summed E-state index contributed by atoms with van der Waals surface area (Å²) in [6.07, 6.45) is 0.976. The summed E-state index contributed by atoms with van der Waals surface area (Å²) in [6.45, 7) is 13.9. The lowest BCUT2D eigenvalue weighted by atomic mass is 10.0. The number of pyridine rings is 2. The van der Waals surface area contributed by atoms with Crippen LogP contribution in [0.4, 0.5) is 19.8 Å². The van der Waals surface area contributed by atoms with Crippen LogP contribution in [0.5, 0.6) is 0 Å². The highest BCUT2D eigenvalue weighted by Gasteiger charge is 2.34. The fraction of sp³-hybridized carbons (Fsp3) is 0.333. The number of carbonyl (C=O) groups excluding carboxylic acids is 3. The van der Waals surface area contributed by atoms with Gasteiger partial charge in [-0.1, -0.05) is 25.4 Å². The summed E-state index contributed by atoms with van der Waals surface area (Å²) in [5.41, 5.74) is 0.713. The number of aromatic nitrogens is 4. The minimum absolute atomic E-state index is 0.0751. The van der Waals surface area contributed by atoms with E-state index in [1.807, 2.05) is 13.8 Å². The average molecular weight is 690 g/mol. The molecule has 0 bridgehead atoms. The number of imidazole rings is 1.